The summed E-state index contributed by atoms with van der Waals surface area (Å²) in [6.45, 7) is 4.21. The van der Waals surface area contributed by atoms with Crippen molar-refractivity contribution < 1.29 is 49.8 Å². The molecule has 1 atom stereocenters. The topological polar surface area (TPSA) is 190 Å². The molecule has 21 heavy (non-hydrogen) atoms. The van der Waals surface area contributed by atoms with Crippen molar-refractivity contribution in [3.63, 3.8) is 0 Å². The molecule has 0 radical (unpaired) electrons. The lowest BCUT2D eigenvalue weighted by molar-refractivity contribution is -0.145. The van der Waals surface area contributed by atoms with E-state index in [1.807, 2.05) is 0 Å². The molecule has 0 aliphatic carbocycles. The van der Waals surface area contributed by atoms with Crippen LogP contribution in [0.15, 0.2) is 0 Å². The number of carbonyl (C=O) groups is 4. The van der Waals surface area contributed by atoms with Crippen LogP contribution in [-0.2, 0) is 19.2 Å². The molecule has 0 saturated carbocycles. The van der Waals surface area contributed by atoms with Gasteiger partial charge in [0, 0.05) is 13.5 Å². The zero-order valence-corrected chi connectivity index (χ0v) is 12.0. The predicted molar refractivity (Wildman–Crippen MR) is 69.9 cm³/mol. The van der Waals surface area contributed by atoms with Crippen molar-refractivity contribution >= 4 is 23.9 Å². The average molecular weight is 314 g/mol. The zero-order chi connectivity index (χ0) is 18.0. The van der Waals surface area contributed by atoms with Crippen LogP contribution in [0.5, 0.6) is 0 Å². The minimum Gasteiger partial charge on any atom is -0.481 e. The van der Waals surface area contributed by atoms with Gasteiger partial charge in [0.2, 0.25) is 0 Å². The van der Waals surface area contributed by atoms with Crippen LogP contribution >= 0.6 is 0 Å². The SMILES string of the molecule is CC(=O)O.CC(O)C(=O)O.CCO.O=C(O)CCC(=O)O. The van der Waals surface area contributed by atoms with Gasteiger partial charge in [-0.2, -0.15) is 0 Å². The van der Waals surface area contributed by atoms with Gasteiger partial charge in [0.15, 0.2) is 0 Å². The Labute approximate surface area is 121 Å². The van der Waals surface area contributed by atoms with Gasteiger partial charge in [0.1, 0.15) is 6.10 Å². The van der Waals surface area contributed by atoms with Crippen LogP contribution in [0.3, 0.4) is 0 Å². The molecule has 0 aliphatic heterocycles. The fourth-order valence-electron chi connectivity index (χ4n) is 0.214. The first-order chi connectivity index (χ1) is 9.41. The smallest absolute Gasteiger partial charge is 0.332 e. The Bertz CT molecular complexity index is 279. The average Bonchev–Trinajstić information content (AvgIpc) is 2.27. The third-order valence-electron chi connectivity index (χ3n) is 0.910. The Hall–Kier alpha value is -2.20. The molecule has 0 saturated heterocycles. The van der Waals surface area contributed by atoms with Crippen LogP contribution in [0.2, 0.25) is 0 Å². The van der Waals surface area contributed by atoms with Gasteiger partial charge in [-0.25, -0.2) is 4.79 Å². The molecule has 0 aromatic carbocycles. The highest BCUT2D eigenvalue weighted by Crippen LogP contribution is 1.86. The summed E-state index contributed by atoms with van der Waals surface area (Å²) in [5, 5.41) is 46.6. The number of carboxylic acids is 4. The quantitative estimate of drug-likeness (QED) is 0.393. The monoisotopic (exact) mass is 314 g/mol. The fourth-order valence-corrected chi connectivity index (χ4v) is 0.214. The van der Waals surface area contributed by atoms with Crippen LogP contribution in [0.1, 0.15) is 33.6 Å². The van der Waals surface area contributed by atoms with Crippen molar-refractivity contribution in [3.05, 3.63) is 0 Å². The van der Waals surface area contributed by atoms with Gasteiger partial charge in [-0.15, -0.1) is 0 Å². The van der Waals surface area contributed by atoms with E-state index in [0.29, 0.717) is 0 Å². The normalized spacial score (nSPS) is 9.19. The molecule has 126 valence electrons. The number of aliphatic hydroxyl groups excluding tert-OH is 2. The maximum atomic E-state index is 9.64. The Morgan fingerprint density at radius 2 is 1.05 bits per heavy atom. The standard InChI is InChI=1S/C4H6O4.C3H6O3.C2H4O2.C2H6O/c5-3(6)1-2-4(7)8;1-2(4)3(5)6;1-2(3)4;1-2-3/h1-2H2,(H,5,6)(H,7,8);2,4H,1H3,(H,5,6);1H3,(H,3,4);3H,2H2,1H3. The third-order valence-corrected chi connectivity index (χ3v) is 0.910. The maximum Gasteiger partial charge on any atom is 0.332 e. The lowest BCUT2D eigenvalue weighted by Crippen LogP contribution is -2.13. The number of aliphatic carboxylic acids is 4. The highest BCUT2D eigenvalue weighted by atomic mass is 16.4. The van der Waals surface area contributed by atoms with E-state index in [9.17, 15) is 14.4 Å². The number of carboxylic acid groups (broad SMARTS) is 4. The van der Waals surface area contributed by atoms with Crippen molar-refractivity contribution in [3.8, 4) is 0 Å². The van der Waals surface area contributed by atoms with Crippen molar-refractivity contribution in [1.29, 1.82) is 0 Å². The number of aliphatic hydroxyl groups is 2. The molecular formula is C11H22O10. The molecule has 0 bridgehead atoms. The summed E-state index contributed by atoms with van der Waals surface area (Å²) in [5.41, 5.74) is 0. The van der Waals surface area contributed by atoms with Gasteiger partial charge < -0.3 is 30.6 Å². The summed E-state index contributed by atoms with van der Waals surface area (Å²) < 4.78 is 0. The summed E-state index contributed by atoms with van der Waals surface area (Å²) >= 11 is 0. The summed E-state index contributed by atoms with van der Waals surface area (Å²) in [6, 6.07) is 0. The van der Waals surface area contributed by atoms with Gasteiger partial charge in [-0.05, 0) is 13.8 Å². The summed E-state index contributed by atoms with van der Waals surface area (Å²) in [7, 11) is 0. The Morgan fingerprint density at radius 3 is 1.10 bits per heavy atom. The summed E-state index contributed by atoms with van der Waals surface area (Å²) in [5.74, 6) is -4.17. The Morgan fingerprint density at radius 1 is 0.905 bits per heavy atom. The van der Waals surface area contributed by atoms with Crippen LogP contribution in [0.4, 0.5) is 0 Å². The summed E-state index contributed by atoms with van der Waals surface area (Å²) in [6.07, 6.45) is -1.82. The molecule has 0 spiro atoms. The fraction of sp³-hybridized carbons (Fsp3) is 0.636. The van der Waals surface area contributed by atoms with Gasteiger partial charge in [-0.3, -0.25) is 14.4 Å². The molecule has 0 amide bonds. The molecule has 10 nitrogen and oxygen atoms in total. The van der Waals surface area contributed by atoms with Gasteiger partial charge >= 0.3 is 17.9 Å². The lowest BCUT2D eigenvalue weighted by Gasteiger charge is -1.89. The van der Waals surface area contributed by atoms with Crippen molar-refractivity contribution in [2.75, 3.05) is 6.61 Å². The van der Waals surface area contributed by atoms with E-state index in [-0.39, 0.29) is 19.4 Å². The largest absolute Gasteiger partial charge is 0.481 e. The van der Waals surface area contributed by atoms with E-state index >= 15 is 0 Å². The second-order valence-electron chi connectivity index (χ2n) is 3.14. The number of rotatable bonds is 4. The van der Waals surface area contributed by atoms with E-state index in [4.69, 9.17) is 35.4 Å². The predicted octanol–water partition coefficient (Wildman–Crippen LogP) is -0.523. The number of hydrogen-bond acceptors (Lipinski definition) is 6. The maximum absolute atomic E-state index is 9.64. The van der Waals surface area contributed by atoms with Crippen LogP contribution in [0.25, 0.3) is 0 Å². The minimum atomic E-state index is -1.23. The first-order valence-corrected chi connectivity index (χ1v) is 5.57. The summed E-state index contributed by atoms with van der Waals surface area (Å²) in [4.78, 5) is 37.7. The highest BCUT2D eigenvalue weighted by Gasteiger charge is 2.01. The van der Waals surface area contributed by atoms with Crippen LogP contribution in [0, 0.1) is 0 Å². The Balaban J connectivity index is -0.0000000985. The van der Waals surface area contributed by atoms with Gasteiger partial charge in [0.05, 0.1) is 12.8 Å². The van der Waals surface area contributed by atoms with E-state index in [0.717, 1.165) is 6.92 Å². The van der Waals surface area contributed by atoms with E-state index < -0.39 is 30.0 Å². The van der Waals surface area contributed by atoms with Crippen LogP contribution < -0.4 is 0 Å². The van der Waals surface area contributed by atoms with Gasteiger partial charge in [-0.1, -0.05) is 0 Å². The first-order valence-electron chi connectivity index (χ1n) is 5.57. The van der Waals surface area contributed by atoms with Crippen molar-refractivity contribution in [2.24, 2.45) is 0 Å². The molecule has 6 N–H and O–H groups in total. The molecule has 0 aliphatic rings. The minimum absolute atomic E-state index is 0.250. The van der Waals surface area contributed by atoms with Crippen LogP contribution in [-0.4, -0.2) is 67.2 Å². The Kier molecular flexibility index (Phi) is 26.1. The first kappa shape index (κ1) is 27.2. The van der Waals surface area contributed by atoms with E-state index in [1.165, 1.54) is 6.92 Å². The molecule has 0 fully saturated rings. The molecule has 10 heteroatoms. The molecule has 0 rings (SSSR count). The number of hydrogen-bond donors (Lipinski definition) is 6. The van der Waals surface area contributed by atoms with Crippen molar-refractivity contribution in [1.82, 2.24) is 0 Å². The highest BCUT2D eigenvalue weighted by molar-refractivity contribution is 5.75. The molecule has 0 aromatic heterocycles. The zero-order valence-electron chi connectivity index (χ0n) is 12.0. The molecular weight excluding hydrogens is 292 g/mol. The van der Waals surface area contributed by atoms with Gasteiger partial charge in [0.25, 0.3) is 5.97 Å². The molecule has 1 unspecified atom stereocenters. The van der Waals surface area contributed by atoms with Crippen molar-refractivity contribution in [2.45, 2.75) is 39.7 Å². The molecule has 0 aromatic rings. The van der Waals surface area contributed by atoms with E-state index in [2.05, 4.69) is 0 Å². The third kappa shape index (κ3) is 96.1. The second-order valence-corrected chi connectivity index (χ2v) is 3.14. The molecule has 0 heterocycles. The van der Waals surface area contributed by atoms with E-state index in [1.54, 1.807) is 6.92 Å². The lowest BCUT2D eigenvalue weighted by atomic mass is 10.3. The second kappa shape index (κ2) is 20.1.